The van der Waals surface area contributed by atoms with E-state index in [0.717, 1.165) is 19.3 Å². The lowest BCUT2D eigenvalue weighted by molar-refractivity contribution is 0.350. The van der Waals surface area contributed by atoms with Gasteiger partial charge < -0.3 is 5.11 Å². The zero-order valence-electron chi connectivity index (χ0n) is 12.0. The summed E-state index contributed by atoms with van der Waals surface area (Å²) < 4.78 is 26.0. The highest BCUT2D eigenvalue weighted by atomic mass is 32.2. The first kappa shape index (κ1) is 16.7. The number of sulfonamides is 1. The molecule has 0 heterocycles. The minimum Gasteiger partial charge on any atom is -0.384 e. The van der Waals surface area contributed by atoms with E-state index < -0.39 is 10.0 Å². The maximum atomic E-state index is 12.3. The molecule has 1 aromatic rings. The van der Waals surface area contributed by atoms with E-state index >= 15 is 0 Å². The predicted octanol–water partition coefficient (Wildman–Crippen LogP) is 1.84. The third-order valence-electron chi connectivity index (χ3n) is 2.95. The first-order chi connectivity index (χ1) is 9.52. The van der Waals surface area contributed by atoms with E-state index in [4.69, 9.17) is 5.11 Å². The molecule has 5 heteroatoms. The molecule has 4 nitrogen and oxygen atoms in total. The van der Waals surface area contributed by atoms with E-state index in [9.17, 15) is 8.42 Å². The van der Waals surface area contributed by atoms with Crippen LogP contribution in [0.5, 0.6) is 0 Å². The van der Waals surface area contributed by atoms with Gasteiger partial charge in [-0.25, -0.2) is 12.7 Å². The van der Waals surface area contributed by atoms with Crippen LogP contribution in [0.3, 0.4) is 0 Å². The second-order valence-corrected chi connectivity index (χ2v) is 6.56. The van der Waals surface area contributed by atoms with E-state index in [1.54, 1.807) is 31.3 Å². The van der Waals surface area contributed by atoms with Crippen LogP contribution in [0.15, 0.2) is 29.2 Å². The lowest BCUT2D eigenvalue weighted by atomic mass is 10.2. The maximum absolute atomic E-state index is 12.3. The summed E-state index contributed by atoms with van der Waals surface area (Å²) in [4.78, 5) is 0.269. The van der Waals surface area contributed by atoms with Crippen LogP contribution in [-0.4, -0.2) is 38.0 Å². The molecule has 0 saturated heterocycles. The molecular weight excluding hydrogens is 274 g/mol. The molecule has 0 aromatic heterocycles. The highest BCUT2D eigenvalue weighted by molar-refractivity contribution is 7.89. The average Bonchev–Trinajstić information content (AvgIpc) is 2.45. The van der Waals surface area contributed by atoms with Crippen LogP contribution in [0.4, 0.5) is 0 Å². The minimum absolute atomic E-state index is 0.208. The van der Waals surface area contributed by atoms with Gasteiger partial charge in [0.25, 0.3) is 0 Å². The molecule has 1 rings (SSSR count). The summed E-state index contributed by atoms with van der Waals surface area (Å²) in [6, 6.07) is 6.39. The zero-order valence-corrected chi connectivity index (χ0v) is 12.8. The second-order valence-electron chi connectivity index (χ2n) is 4.52. The average molecular weight is 295 g/mol. The maximum Gasteiger partial charge on any atom is 0.242 e. The molecular formula is C15H21NO3S. The second kappa shape index (κ2) is 8.05. The Morgan fingerprint density at radius 3 is 2.40 bits per heavy atom. The molecule has 0 aliphatic heterocycles. The van der Waals surface area contributed by atoms with Gasteiger partial charge in [-0.2, -0.15) is 0 Å². The Hall–Kier alpha value is -1.35. The van der Waals surface area contributed by atoms with E-state index in [2.05, 4.69) is 18.8 Å². The summed E-state index contributed by atoms with van der Waals surface area (Å²) in [5.41, 5.74) is 0.687. The van der Waals surface area contributed by atoms with Crippen molar-refractivity contribution in [1.29, 1.82) is 0 Å². The Labute approximate surface area is 121 Å². The van der Waals surface area contributed by atoms with E-state index in [1.807, 2.05) is 0 Å². The summed E-state index contributed by atoms with van der Waals surface area (Å²) in [5.74, 6) is 5.26. The normalized spacial score (nSPS) is 11.2. The molecule has 0 saturated carbocycles. The molecule has 0 radical (unpaired) electrons. The van der Waals surface area contributed by atoms with E-state index in [1.165, 1.54) is 4.31 Å². The van der Waals surface area contributed by atoms with Gasteiger partial charge in [-0.3, -0.25) is 0 Å². The van der Waals surface area contributed by atoms with E-state index in [-0.39, 0.29) is 11.5 Å². The zero-order chi connectivity index (χ0) is 15.0. The van der Waals surface area contributed by atoms with Crippen LogP contribution in [0, 0.1) is 11.8 Å². The molecule has 1 aromatic carbocycles. The van der Waals surface area contributed by atoms with Crippen molar-refractivity contribution in [2.24, 2.45) is 0 Å². The van der Waals surface area contributed by atoms with Crippen molar-refractivity contribution < 1.29 is 13.5 Å². The van der Waals surface area contributed by atoms with Gasteiger partial charge in [0.2, 0.25) is 10.0 Å². The fourth-order valence-electron chi connectivity index (χ4n) is 1.74. The van der Waals surface area contributed by atoms with Gasteiger partial charge in [0.1, 0.15) is 6.61 Å². The summed E-state index contributed by atoms with van der Waals surface area (Å²) in [6.07, 6.45) is 2.95. The highest BCUT2D eigenvalue weighted by Crippen LogP contribution is 2.15. The fourth-order valence-corrected chi connectivity index (χ4v) is 2.95. The molecule has 0 spiro atoms. The molecule has 0 unspecified atom stereocenters. The van der Waals surface area contributed by atoms with Crippen LogP contribution in [-0.2, 0) is 10.0 Å². The summed E-state index contributed by atoms with van der Waals surface area (Å²) in [6.45, 7) is 2.41. The van der Waals surface area contributed by atoms with Crippen molar-refractivity contribution in [3.63, 3.8) is 0 Å². The summed E-state index contributed by atoms with van der Waals surface area (Å²) in [7, 11) is -1.82. The number of rotatable bonds is 6. The van der Waals surface area contributed by atoms with Crippen molar-refractivity contribution in [2.75, 3.05) is 20.2 Å². The minimum atomic E-state index is -3.42. The molecule has 110 valence electrons. The Balaban J connectivity index is 2.81. The Morgan fingerprint density at radius 2 is 1.85 bits per heavy atom. The first-order valence-corrected chi connectivity index (χ1v) is 8.12. The monoisotopic (exact) mass is 295 g/mol. The molecule has 1 N–H and O–H groups in total. The molecule has 0 aliphatic rings. The van der Waals surface area contributed by atoms with Crippen LogP contribution in [0.2, 0.25) is 0 Å². The Morgan fingerprint density at radius 1 is 1.20 bits per heavy atom. The van der Waals surface area contributed by atoms with Gasteiger partial charge in [-0.15, -0.1) is 0 Å². The molecule has 0 bridgehead atoms. The first-order valence-electron chi connectivity index (χ1n) is 6.68. The topological polar surface area (TPSA) is 57.6 Å². The fraction of sp³-hybridized carbons (Fsp3) is 0.467. The van der Waals surface area contributed by atoms with Gasteiger partial charge in [0.05, 0.1) is 4.90 Å². The molecule has 0 fully saturated rings. The SMILES string of the molecule is CCCCCN(C)S(=O)(=O)c1ccc(C#CCO)cc1. The van der Waals surface area contributed by atoms with Crippen LogP contribution < -0.4 is 0 Å². The van der Waals surface area contributed by atoms with Gasteiger partial charge in [-0.05, 0) is 30.7 Å². The van der Waals surface area contributed by atoms with Crippen molar-refractivity contribution in [1.82, 2.24) is 4.31 Å². The van der Waals surface area contributed by atoms with E-state index in [0.29, 0.717) is 12.1 Å². The highest BCUT2D eigenvalue weighted by Gasteiger charge is 2.19. The number of benzene rings is 1. The van der Waals surface area contributed by atoms with Gasteiger partial charge >= 0.3 is 0 Å². The number of aliphatic hydroxyl groups excluding tert-OH is 1. The number of aliphatic hydroxyl groups is 1. The van der Waals surface area contributed by atoms with Crippen molar-refractivity contribution in [3.05, 3.63) is 29.8 Å². The van der Waals surface area contributed by atoms with Crippen LogP contribution in [0.1, 0.15) is 31.7 Å². The van der Waals surface area contributed by atoms with Crippen molar-refractivity contribution >= 4 is 10.0 Å². The number of hydrogen-bond acceptors (Lipinski definition) is 3. The molecule has 0 amide bonds. The summed E-state index contributed by atoms with van der Waals surface area (Å²) >= 11 is 0. The third-order valence-corrected chi connectivity index (χ3v) is 4.82. The molecule has 0 aliphatic carbocycles. The smallest absolute Gasteiger partial charge is 0.242 e. The summed E-state index contributed by atoms with van der Waals surface area (Å²) in [5, 5.41) is 8.61. The van der Waals surface area contributed by atoms with Crippen molar-refractivity contribution in [2.45, 2.75) is 31.1 Å². The van der Waals surface area contributed by atoms with Gasteiger partial charge in [0, 0.05) is 19.2 Å². The molecule has 0 atom stereocenters. The quantitative estimate of drug-likeness (QED) is 0.643. The lowest BCUT2D eigenvalue weighted by Gasteiger charge is -2.17. The third kappa shape index (κ3) is 4.64. The van der Waals surface area contributed by atoms with Crippen LogP contribution in [0.25, 0.3) is 0 Å². The Kier molecular flexibility index (Phi) is 6.73. The van der Waals surface area contributed by atoms with Gasteiger partial charge in [0.15, 0.2) is 0 Å². The molecule has 20 heavy (non-hydrogen) atoms. The Bertz CT molecular complexity index is 567. The van der Waals surface area contributed by atoms with Gasteiger partial charge in [-0.1, -0.05) is 31.6 Å². The number of nitrogens with zero attached hydrogens (tertiary/aromatic N) is 1. The van der Waals surface area contributed by atoms with Crippen molar-refractivity contribution in [3.8, 4) is 11.8 Å². The lowest BCUT2D eigenvalue weighted by Crippen LogP contribution is -2.27. The van der Waals surface area contributed by atoms with Crippen LogP contribution >= 0.6 is 0 Å². The standard InChI is InChI=1S/C15H21NO3S/c1-3-4-5-12-16(2)20(18,19)15-10-8-14(9-11-15)7-6-13-17/h8-11,17H,3-5,12-13H2,1-2H3. The predicted molar refractivity (Wildman–Crippen MR) is 79.7 cm³/mol. The number of hydrogen-bond donors (Lipinski definition) is 1. The number of unbranched alkanes of at least 4 members (excludes halogenated alkanes) is 2. The largest absolute Gasteiger partial charge is 0.384 e.